The normalized spacial score (nSPS) is 14.9. The van der Waals surface area contributed by atoms with Crippen molar-refractivity contribution in [3.8, 4) is 22.8 Å². The van der Waals surface area contributed by atoms with Crippen LogP contribution in [0.1, 0.15) is 61.1 Å². The van der Waals surface area contributed by atoms with Crippen molar-refractivity contribution < 1.29 is 37.0 Å². The smallest absolute Gasteiger partial charge is 0.416 e. The van der Waals surface area contributed by atoms with Gasteiger partial charge in [0, 0.05) is 54.8 Å². The summed E-state index contributed by atoms with van der Waals surface area (Å²) in [6, 6.07) is 15.4. The zero-order valence-corrected chi connectivity index (χ0v) is 30.0. The van der Waals surface area contributed by atoms with Crippen LogP contribution in [-0.4, -0.2) is 69.6 Å². The number of likely N-dealkylation sites (tertiary alicyclic amines) is 1. The molecular weight excluding hydrogens is 691 g/mol. The minimum Gasteiger partial charge on any atom is -0.497 e. The molecule has 3 aromatic heterocycles. The molecule has 4 heterocycles. The number of carbonyl (C=O) groups excluding carboxylic acids is 2. The van der Waals surface area contributed by atoms with E-state index in [-0.39, 0.29) is 23.5 Å². The Kier molecular flexibility index (Phi) is 10.5. The summed E-state index contributed by atoms with van der Waals surface area (Å²) in [4.78, 5) is 36.4. The van der Waals surface area contributed by atoms with Crippen LogP contribution < -0.4 is 20.1 Å². The number of benzene rings is 2. The lowest BCUT2D eigenvalue weighted by Crippen LogP contribution is -2.43. The van der Waals surface area contributed by atoms with E-state index < -0.39 is 23.2 Å². The number of halogens is 3. The highest BCUT2D eigenvalue weighted by Gasteiger charge is 2.32. The number of rotatable bonds is 9. The van der Waals surface area contributed by atoms with E-state index in [1.165, 1.54) is 0 Å². The van der Waals surface area contributed by atoms with Crippen molar-refractivity contribution in [2.24, 2.45) is 0 Å². The second-order valence-corrected chi connectivity index (χ2v) is 13.6. The summed E-state index contributed by atoms with van der Waals surface area (Å²) in [6.45, 7) is 6.82. The van der Waals surface area contributed by atoms with Crippen molar-refractivity contribution in [2.45, 2.75) is 58.0 Å². The summed E-state index contributed by atoms with van der Waals surface area (Å²) >= 11 is 0. The van der Waals surface area contributed by atoms with Crippen molar-refractivity contribution in [1.29, 1.82) is 0 Å². The van der Waals surface area contributed by atoms with Crippen LogP contribution in [0.25, 0.3) is 22.2 Å². The number of anilines is 2. The monoisotopic (exact) mass is 731 g/mol. The Morgan fingerprint density at radius 3 is 2.40 bits per heavy atom. The van der Waals surface area contributed by atoms with Gasteiger partial charge >= 0.3 is 12.3 Å². The number of hydrogen-bond donors (Lipinski definition) is 2. The number of carbonyl (C=O) groups is 2. The Hall–Kier alpha value is -5.86. The highest BCUT2D eigenvalue weighted by atomic mass is 19.4. The molecule has 0 unspecified atom stereocenters. The minimum atomic E-state index is -4.58. The van der Waals surface area contributed by atoms with Crippen LogP contribution in [0.15, 0.2) is 73.1 Å². The summed E-state index contributed by atoms with van der Waals surface area (Å²) in [5, 5.41) is 11.7. The Bertz CT molecular complexity index is 2110. The van der Waals surface area contributed by atoms with Crippen molar-refractivity contribution in [2.75, 3.05) is 37.9 Å². The van der Waals surface area contributed by atoms with E-state index in [1.807, 2.05) is 43.7 Å². The molecule has 2 amide bonds. The predicted octanol–water partition coefficient (Wildman–Crippen LogP) is 7.97. The van der Waals surface area contributed by atoms with Crippen LogP contribution in [0.2, 0.25) is 0 Å². The van der Waals surface area contributed by atoms with Crippen LogP contribution in [-0.2, 0) is 17.5 Å². The van der Waals surface area contributed by atoms with Gasteiger partial charge in [-0.3, -0.25) is 9.48 Å². The molecule has 0 spiro atoms. The van der Waals surface area contributed by atoms with Gasteiger partial charge in [-0.15, -0.1) is 0 Å². The maximum Gasteiger partial charge on any atom is 0.416 e. The molecule has 1 saturated heterocycles. The van der Waals surface area contributed by atoms with Gasteiger partial charge in [0.1, 0.15) is 34.4 Å². The fourth-order valence-corrected chi connectivity index (χ4v) is 6.17. The first-order valence-electron chi connectivity index (χ1n) is 17.0. The third kappa shape index (κ3) is 8.45. The maximum absolute atomic E-state index is 13.2. The quantitative estimate of drug-likeness (QED) is 0.155. The number of ether oxygens (including phenoxy) is 3. The number of amides is 2. The summed E-state index contributed by atoms with van der Waals surface area (Å²) < 4.78 is 58.2. The first-order chi connectivity index (χ1) is 25.2. The Morgan fingerprint density at radius 1 is 0.943 bits per heavy atom. The molecule has 2 aromatic carbocycles. The predicted molar refractivity (Wildman–Crippen MR) is 193 cm³/mol. The average molecular weight is 732 g/mol. The number of hydrogen-bond acceptors (Lipinski definition) is 9. The van der Waals surface area contributed by atoms with E-state index in [0.29, 0.717) is 48.2 Å². The highest BCUT2D eigenvalue weighted by molar-refractivity contribution is 6.05. The summed E-state index contributed by atoms with van der Waals surface area (Å²) in [6.07, 6.45) is -0.755. The van der Waals surface area contributed by atoms with Crippen molar-refractivity contribution in [1.82, 2.24) is 24.6 Å². The van der Waals surface area contributed by atoms with Crippen molar-refractivity contribution in [3.63, 3.8) is 0 Å². The molecule has 1 aliphatic heterocycles. The van der Waals surface area contributed by atoms with Gasteiger partial charge in [0.15, 0.2) is 0 Å². The number of methoxy groups -OCH3 is 2. The molecule has 1 aliphatic rings. The number of nitrogens with one attached hydrogen (secondary N) is 2. The zero-order valence-electron chi connectivity index (χ0n) is 30.0. The van der Waals surface area contributed by atoms with Crippen LogP contribution in [0.4, 0.5) is 29.6 Å². The standard InChI is InChI=1S/C38H40F3N7O5/c1-37(2,3)53-36(50)47-18-6-7-27(22-47)48-29-15-17-43-34(44-21-25-12-13-28(51-4)20-30(25)52-5)32(29)33(46-48)23-8-10-24(11-9-23)35(49)45-31-19-26(14-16-42-31)38(39,40)41/h8-17,19-20,27H,6-7,18,21-22H2,1-5H3,(H,43,44)(H,42,45,49)/t27-/m1/s1. The fraction of sp³-hybridized carbons (Fsp3) is 0.342. The minimum absolute atomic E-state index is 0.172. The molecule has 1 fully saturated rings. The van der Waals surface area contributed by atoms with E-state index in [0.717, 1.165) is 47.6 Å². The molecule has 278 valence electrons. The molecule has 0 radical (unpaired) electrons. The van der Waals surface area contributed by atoms with Gasteiger partial charge in [-0.25, -0.2) is 14.8 Å². The Morgan fingerprint density at radius 2 is 1.70 bits per heavy atom. The second-order valence-electron chi connectivity index (χ2n) is 13.6. The second kappa shape index (κ2) is 15.0. The third-order valence-corrected chi connectivity index (χ3v) is 8.70. The van der Waals surface area contributed by atoms with Crippen molar-refractivity contribution in [3.05, 3.63) is 89.7 Å². The molecule has 0 aliphatic carbocycles. The molecule has 6 rings (SSSR count). The number of piperidine rings is 1. The molecule has 0 saturated carbocycles. The largest absolute Gasteiger partial charge is 0.497 e. The van der Waals surface area contributed by atoms with E-state index in [4.69, 9.17) is 24.3 Å². The fourth-order valence-electron chi connectivity index (χ4n) is 6.17. The van der Waals surface area contributed by atoms with Crippen LogP contribution in [0.5, 0.6) is 11.5 Å². The topological polar surface area (TPSA) is 133 Å². The van der Waals surface area contributed by atoms with E-state index in [9.17, 15) is 22.8 Å². The van der Waals surface area contributed by atoms with Gasteiger partial charge in [0.25, 0.3) is 5.91 Å². The number of nitrogens with zero attached hydrogens (tertiary/aromatic N) is 5. The lowest BCUT2D eigenvalue weighted by atomic mass is 10.0. The van der Waals surface area contributed by atoms with E-state index >= 15 is 0 Å². The molecule has 5 aromatic rings. The van der Waals surface area contributed by atoms with Crippen LogP contribution >= 0.6 is 0 Å². The van der Waals surface area contributed by atoms with Crippen molar-refractivity contribution >= 4 is 34.5 Å². The third-order valence-electron chi connectivity index (χ3n) is 8.70. The summed E-state index contributed by atoms with van der Waals surface area (Å²) in [5.41, 5.74) is 1.55. The van der Waals surface area contributed by atoms with E-state index in [2.05, 4.69) is 15.6 Å². The molecule has 1 atom stereocenters. The van der Waals surface area contributed by atoms with Gasteiger partial charge in [-0.1, -0.05) is 12.1 Å². The van der Waals surface area contributed by atoms with Crippen LogP contribution in [0.3, 0.4) is 0 Å². The van der Waals surface area contributed by atoms with Gasteiger partial charge < -0.3 is 29.7 Å². The van der Waals surface area contributed by atoms with Crippen LogP contribution in [0, 0.1) is 0 Å². The highest BCUT2D eigenvalue weighted by Crippen LogP contribution is 2.37. The SMILES string of the molecule is COc1ccc(CNc2nccc3c2c(-c2ccc(C(=O)Nc4cc(C(F)(F)F)ccn4)cc2)nn3[C@@H]2CCCN(C(=O)OC(C)(C)C)C2)c(OC)c1. The zero-order chi connectivity index (χ0) is 37.9. The Labute approximate surface area is 304 Å². The number of aromatic nitrogens is 4. The molecule has 15 heteroatoms. The van der Waals surface area contributed by atoms with Gasteiger partial charge in [-0.2, -0.15) is 18.3 Å². The maximum atomic E-state index is 13.2. The number of pyridine rings is 2. The molecule has 2 N–H and O–H groups in total. The molecule has 53 heavy (non-hydrogen) atoms. The van der Waals surface area contributed by atoms with Gasteiger partial charge in [0.05, 0.1) is 36.7 Å². The molecule has 12 nitrogen and oxygen atoms in total. The lowest BCUT2D eigenvalue weighted by Gasteiger charge is -2.34. The van der Waals surface area contributed by atoms with E-state index in [1.54, 1.807) is 55.6 Å². The number of alkyl halides is 3. The number of fused-ring (bicyclic) bond motifs is 1. The first kappa shape index (κ1) is 36.9. The molecule has 0 bridgehead atoms. The van der Waals surface area contributed by atoms with Gasteiger partial charge in [0.2, 0.25) is 0 Å². The molecular formula is C38H40F3N7O5. The first-order valence-corrected chi connectivity index (χ1v) is 17.0. The van der Waals surface area contributed by atoms with Gasteiger partial charge in [-0.05, 0) is 76.1 Å². The lowest BCUT2D eigenvalue weighted by molar-refractivity contribution is -0.137. The Balaban J connectivity index is 1.34. The average Bonchev–Trinajstić information content (AvgIpc) is 3.53. The summed E-state index contributed by atoms with van der Waals surface area (Å²) in [7, 11) is 3.17. The summed E-state index contributed by atoms with van der Waals surface area (Å²) in [5.74, 6) is 1.01.